The standard InChI is InChI=1S/C18H16F3N3O3S/c1-24(11-3-10-22)17(25)13-6-8-16(9-7-13)28(26,27)23-15-5-2-4-14(12-15)18(19,20)21/h2,4-9,12,23H,3,11H2,1H3. The van der Waals surface area contributed by atoms with E-state index in [1.54, 1.807) is 0 Å². The predicted molar refractivity (Wildman–Crippen MR) is 95.9 cm³/mol. The summed E-state index contributed by atoms with van der Waals surface area (Å²) in [6, 6.07) is 10.7. The van der Waals surface area contributed by atoms with Gasteiger partial charge in [0.15, 0.2) is 0 Å². The number of nitriles is 1. The summed E-state index contributed by atoms with van der Waals surface area (Å²) < 4.78 is 65.1. The molecule has 148 valence electrons. The Kier molecular flexibility index (Phi) is 6.30. The predicted octanol–water partition coefficient (Wildman–Crippen LogP) is 3.49. The van der Waals surface area contributed by atoms with Gasteiger partial charge in [0, 0.05) is 24.8 Å². The average Bonchev–Trinajstić information content (AvgIpc) is 2.64. The summed E-state index contributed by atoms with van der Waals surface area (Å²) >= 11 is 0. The lowest BCUT2D eigenvalue weighted by molar-refractivity contribution is -0.137. The third kappa shape index (κ3) is 5.23. The van der Waals surface area contributed by atoms with Crippen molar-refractivity contribution in [3.05, 3.63) is 59.7 Å². The third-order valence-electron chi connectivity index (χ3n) is 3.76. The monoisotopic (exact) mass is 411 g/mol. The maximum atomic E-state index is 12.8. The van der Waals surface area contributed by atoms with Crippen molar-refractivity contribution in [2.45, 2.75) is 17.5 Å². The second-order valence-corrected chi connectivity index (χ2v) is 7.53. The van der Waals surface area contributed by atoms with Crippen LogP contribution in [0.5, 0.6) is 0 Å². The molecule has 0 heterocycles. The Morgan fingerprint density at radius 3 is 2.39 bits per heavy atom. The topological polar surface area (TPSA) is 90.3 Å². The van der Waals surface area contributed by atoms with E-state index in [0.29, 0.717) is 6.07 Å². The van der Waals surface area contributed by atoms with Gasteiger partial charge in [-0.15, -0.1) is 0 Å². The number of carbonyl (C=O) groups excluding carboxylic acids is 1. The number of halogens is 3. The largest absolute Gasteiger partial charge is 0.416 e. The smallest absolute Gasteiger partial charge is 0.341 e. The fourth-order valence-electron chi connectivity index (χ4n) is 2.29. The van der Waals surface area contributed by atoms with Crippen LogP contribution in [0.15, 0.2) is 53.4 Å². The van der Waals surface area contributed by atoms with Crippen molar-refractivity contribution in [2.75, 3.05) is 18.3 Å². The van der Waals surface area contributed by atoms with E-state index in [2.05, 4.69) is 4.72 Å². The second-order valence-electron chi connectivity index (χ2n) is 5.84. The first-order chi connectivity index (χ1) is 13.0. The molecule has 0 saturated carbocycles. The number of benzene rings is 2. The average molecular weight is 411 g/mol. The molecule has 0 saturated heterocycles. The van der Waals surface area contributed by atoms with Crippen molar-refractivity contribution < 1.29 is 26.4 Å². The molecule has 2 aromatic rings. The van der Waals surface area contributed by atoms with Crippen LogP contribution in [0.1, 0.15) is 22.3 Å². The van der Waals surface area contributed by atoms with E-state index in [4.69, 9.17) is 5.26 Å². The van der Waals surface area contributed by atoms with Gasteiger partial charge in [-0.2, -0.15) is 18.4 Å². The van der Waals surface area contributed by atoms with Crippen LogP contribution in [0.4, 0.5) is 18.9 Å². The summed E-state index contributed by atoms with van der Waals surface area (Å²) in [6.07, 6.45) is -4.43. The Labute approximate surface area is 160 Å². The van der Waals surface area contributed by atoms with Crippen LogP contribution in [0, 0.1) is 11.3 Å². The zero-order valence-corrected chi connectivity index (χ0v) is 15.5. The van der Waals surface area contributed by atoms with Crippen LogP contribution in [-0.2, 0) is 16.2 Å². The summed E-state index contributed by atoms with van der Waals surface area (Å²) in [7, 11) is -2.62. The normalized spacial score (nSPS) is 11.5. The van der Waals surface area contributed by atoms with Gasteiger partial charge in [-0.1, -0.05) is 6.07 Å². The number of hydrogen-bond acceptors (Lipinski definition) is 4. The van der Waals surface area contributed by atoms with Crippen LogP contribution in [0.25, 0.3) is 0 Å². The maximum Gasteiger partial charge on any atom is 0.416 e. The molecule has 0 aliphatic carbocycles. The number of nitrogens with one attached hydrogen (secondary N) is 1. The molecular formula is C18H16F3N3O3S. The molecule has 0 fully saturated rings. The van der Waals surface area contributed by atoms with E-state index in [9.17, 15) is 26.4 Å². The number of rotatable bonds is 6. The first-order valence-electron chi connectivity index (χ1n) is 7.97. The lowest BCUT2D eigenvalue weighted by atomic mass is 10.2. The minimum absolute atomic E-state index is 0.162. The zero-order chi connectivity index (χ0) is 20.9. The van der Waals surface area contributed by atoms with Gasteiger partial charge in [0.25, 0.3) is 15.9 Å². The number of carbonyl (C=O) groups is 1. The molecule has 2 aromatic carbocycles. The molecule has 2 rings (SSSR count). The molecule has 6 nitrogen and oxygen atoms in total. The van der Waals surface area contributed by atoms with E-state index < -0.39 is 21.8 Å². The highest BCUT2D eigenvalue weighted by atomic mass is 32.2. The Morgan fingerprint density at radius 2 is 1.82 bits per heavy atom. The van der Waals surface area contributed by atoms with Crippen molar-refractivity contribution in [1.29, 1.82) is 5.26 Å². The molecule has 0 aliphatic heterocycles. The van der Waals surface area contributed by atoms with E-state index >= 15 is 0 Å². The van der Waals surface area contributed by atoms with Gasteiger partial charge in [0.1, 0.15) is 0 Å². The van der Waals surface area contributed by atoms with E-state index in [0.717, 1.165) is 12.1 Å². The van der Waals surface area contributed by atoms with E-state index in [1.807, 2.05) is 6.07 Å². The number of hydrogen-bond donors (Lipinski definition) is 1. The third-order valence-corrected chi connectivity index (χ3v) is 5.16. The minimum atomic E-state index is -4.60. The maximum absolute atomic E-state index is 12.8. The molecule has 1 N–H and O–H groups in total. The first-order valence-corrected chi connectivity index (χ1v) is 9.45. The Hall–Kier alpha value is -3.06. The highest BCUT2D eigenvalue weighted by Gasteiger charge is 2.30. The zero-order valence-electron chi connectivity index (χ0n) is 14.7. The summed E-state index contributed by atoms with van der Waals surface area (Å²) in [6.45, 7) is 0.229. The number of alkyl halides is 3. The summed E-state index contributed by atoms with van der Waals surface area (Å²) in [5.74, 6) is -0.384. The number of sulfonamides is 1. The Morgan fingerprint density at radius 1 is 1.18 bits per heavy atom. The Balaban J connectivity index is 2.19. The van der Waals surface area contributed by atoms with E-state index in [1.165, 1.54) is 42.3 Å². The molecule has 28 heavy (non-hydrogen) atoms. The van der Waals surface area contributed by atoms with Gasteiger partial charge in [-0.05, 0) is 42.5 Å². The fourth-order valence-corrected chi connectivity index (χ4v) is 3.34. The van der Waals surface area contributed by atoms with Crippen molar-refractivity contribution >= 4 is 21.6 Å². The lowest BCUT2D eigenvalue weighted by Crippen LogP contribution is -2.27. The van der Waals surface area contributed by atoms with Gasteiger partial charge in [-0.25, -0.2) is 8.42 Å². The number of anilines is 1. The quantitative estimate of drug-likeness (QED) is 0.788. The molecule has 0 aliphatic rings. The molecule has 10 heteroatoms. The van der Waals surface area contributed by atoms with Crippen LogP contribution in [0.2, 0.25) is 0 Å². The van der Waals surface area contributed by atoms with Gasteiger partial charge in [0.05, 0.1) is 22.9 Å². The molecule has 1 amide bonds. The minimum Gasteiger partial charge on any atom is -0.341 e. The van der Waals surface area contributed by atoms with Crippen LogP contribution in [0.3, 0.4) is 0 Å². The molecule has 0 bridgehead atoms. The number of nitrogens with zero attached hydrogens (tertiary/aromatic N) is 2. The fraction of sp³-hybridized carbons (Fsp3) is 0.222. The molecule has 0 atom stereocenters. The molecule has 0 radical (unpaired) electrons. The highest BCUT2D eigenvalue weighted by Crippen LogP contribution is 2.31. The van der Waals surface area contributed by atoms with E-state index in [-0.39, 0.29) is 35.0 Å². The van der Waals surface area contributed by atoms with Crippen LogP contribution in [-0.4, -0.2) is 32.8 Å². The first kappa shape index (κ1) is 21.2. The van der Waals surface area contributed by atoms with Crippen molar-refractivity contribution in [1.82, 2.24) is 4.90 Å². The van der Waals surface area contributed by atoms with Gasteiger partial charge in [0.2, 0.25) is 0 Å². The Bertz CT molecular complexity index is 997. The second kappa shape index (κ2) is 8.31. The molecule has 0 spiro atoms. The summed E-state index contributed by atoms with van der Waals surface area (Å²) in [5, 5.41) is 8.55. The van der Waals surface area contributed by atoms with Gasteiger partial charge in [-0.3, -0.25) is 9.52 Å². The summed E-state index contributed by atoms with van der Waals surface area (Å²) in [4.78, 5) is 13.3. The van der Waals surface area contributed by atoms with Crippen molar-refractivity contribution in [2.24, 2.45) is 0 Å². The summed E-state index contributed by atoms with van der Waals surface area (Å²) in [5.41, 5.74) is -0.987. The van der Waals surface area contributed by atoms with Gasteiger partial charge < -0.3 is 4.90 Å². The SMILES string of the molecule is CN(CCC#N)C(=O)c1ccc(S(=O)(=O)Nc2cccc(C(F)(F)F)c2)cc1. The molecule has 0 unspecified atom stereocenters. The number of amides is 1. The van der Waals surface area contributed by atoms with Crippen LogP contribution >= 0.6 is 0 Å². The van der Waals surface area contributed by atoms with Gasteiger partial charge >= 0.3 is 6.18 Å². The van der Waals surface area contributed by atoms with Crippen molar-refractivity contribution in [3.63, 3.8) is 0 Å². The molecule has 0 aromatic heterocycles. The molecular weight excluding hydrogens is 395 g/mol. The highest BCUT2D eigenvalue weighted by molar-refractivity contribution is 7.92. The van der Waals surface area contributed by atoms with Crippen molar-refractivity contribution in [3.8, 4) is 6.07 Å². The van der Waals surface area contributed by atoms with Crippen LogP contribution < -0.4 is 4.72 Å². The lowest BCUT2D eigenvalue weighted by Gasteiger charge is -2.16.